The maximum absolute atomic E-state index is 14.5. The van der Waals surface area contributed by atoms with Crippen molar-refractivity contribution in [3.63, 3.8) is 0 Å². The fraction of sp³-hybridized carbons (Fsp3) is 0.900. The smallest absolute Gasteiger partial charge is 0.214 e. The summed E-state index contributed by atoms with van der Waals surface area (Å²) < 4.78 is 118. The van der Waals surface area contributed by atoms with Crippen molar-refractivity contribution >= 4 is 40.1 Å². The van der Waals surface area contributed by atoms with Gasteiger partial charge in [0.2, 0.25) is 48.3 Å². The molecular formula is C40H74N8O8S4. The lowest BCUT2D eigenvalue weighted by molar-refractivity contribution is 0.474. The van der Waals surface area contributed by atoms with Gasteiger partial charge in [0.15, 0.2) is 0 Å². The minimum Gasteiger partial charge on any atom is -0.214 e. The highest BCUT2D eigenvalue weighted by Gasteiger charge is 2.74. The molecule has 0 unspecified atom stereocenters. The van der Waals surface area contributed by atoms with Crippen molar-refractivity contribution in [1.82, 2.24) is 18.9 Å². The molecule has 0 radical (unpaired) electrons. The van der Waals surface area contributed by atoms with Crippen LogP contribution in [0.4, 0.5) is 0 Å². The summed E-state index contributed by atoms with van der Waals surface area (Å²) in [6.45, 7) is 0.245. The molecule has 0 aromatic carbocycles. The van der Waals surface area contributed by atoms with Crippen LogP contribution in [0.25, 0.3) is 0 Å². The second-order valence-electron chi connectivity index (χ2n) is 15.6. The van der Waals surface area contributed by atoms with Gasteiger partial charge >= 0.3 is 0 Å². The third kappa shape index (κ3) is 20.2. The van der Waals surface area contributed by atoms with Gasteiger partial charge in [0.1, 0.15) is 0 Å². The minimum atomic E-state index is -5.32. The number of rotatable bonds is 41. The van der Waals surface area contributed by atoms with Crippen molar-refractivity contribution in [1.29, 1.82) is 21.0 Å². The van der Waals surface area contributed by atoms with Crippen LogP contribution in [0.2, 0.25) is 0 Å². The van der Waals surface area contributed by atoms with Crippen molar-refractivity contribution < 1.29 is 33.7 Å². The van der Waals surface area contributed by atoms with E-state index in [4.69, 9.17) is 21.0 Å². The first-order chi connectivity index (χ1) is 28.5. The Bertz CT molecular complexity index is 1540. The van der Waals surface area contributed by atoms with Crippen molar-refractivity contribution in [2.75, 3.05) is 26.2 Å². The summed E-state index contributed by atoms with van der Waals surface area (Å²) in [7, 11) is -21.3. The Labute approximate surface area is 364 Å². The molecule has 0 aliphatic carbocycles. The highest BCUT2D eigenvalue weighted by molar-refractivity contribution is 8.15. The molecule has 0 atom stereocenters. The predicted octanol–water partition coefficient (Wildman–Crippen LogP) is 7.11. The molecule has 60 heavy (non-hydrogen) atoms. The second kappa shape index (κ2) is 32.3. The van der Waals surface area contributed by atoms with E-state index in [2.05, 4.69) is 43.2 Å². The first-order valence-corrected chi connectivity index (χ1v) is 27.9. The van der Waals surface area contributed by atoms with Crippen LogP contribution in [0.3, 0.4) is 0 Å². The molecule has 0 heterocycles. The summed E-state index contributed by atoms with van der Waals surface area (Å²) in [6.07, 6.45) is 17.4. The molecule has 0 saturated carbocycles. The lowest BCUT2D eigenvalue weighted by atomic mass is 10.1. The van der Waals surface area contributed by atoms with Gasteiger partial charge in [-0.3, -0.25) is 0 Å². The number of nitriles is 4. The fourth-order valence-electron chi connectivity index (χ4n) is 6.79. The summed E-state index contributed by atoms with van der Waals surface area (Å²) >= 11 is 0. The Balaban J connectivity index is 6.69. The molecule has 0 bridgehead atoms. The maximum Gasteiger partial charge on any atom is 0.235 e. The molecule has 0 rings (SSSR count). The Morgan fingerprint density at radius 1 is 0.300 bits per heavy atom. The molecule has 346 valence electrons. The highest BCUT2D eigenvalue weighted by atomic mass is 32.3. The minimum absolute atomic E-state index is 0.267. The van der Waals surface area contributed by atoms with Crippen LogP contribution in [-0.2, 0) is 40.1 Å². The number of unbranched alkanes of at least 4 members (excludes halogenated alkanes) is 24. The van der Waals surface area contributed by atoms with E-state index >= 15 is 0 Å². The van der Waals surface area contributed by atoms with Crippen LogP contribution in [-0.4, -0.2) is 68.0 Å². The van der Waals surface area contributed by atoms with Crippen molar-refractivity contribution in [2.24, 2.45) is 0 Å². The van der Waals surface area contributed by atoms with Gasteiger partial charge in [-0.2, -0.15) is 21.0 Å². The monoisotopic (exact) mass is 922 g/mol. The zero-order chi connectivity index (χ0) is 45.3. The fourth-order valence-corrected chi connectivity index (χ4v) is 17.1. The lowest BCUT2D eigenvalue weighted by Gasteiger charge is -2.42. The molecule has 0 aliphatic heterocycles. The average Bonchev–Trinajstić information content (AvgIpc) is 3.20. The predicted molar refractivity (Wildman–Crippen MR) is 236 cm³/mol. The second-order valence-corrected chi connectivity index (χ2v) is 24.6. The highest BCUT2D eigenvalue weighted by Crippen LogP contribution is 2.44. The Hall–Kier alpha value is -2.40. The van der Waals surface area contributed by atoms with E-state index in [1.807, 2.05) is 0 Å². The molecule has 16 nitrogen and oxygen atoms in total. The van der Waals surface area contributed by atoms with Crippen LogP contribution in [0.5, 0.6) is 0 Å². The van der Waals surface area contributed by atoms with E-state index in [0.29, 0.717) is 65.2 Å². The van der Waals surface area contributed by atoms with E-state index in [1.54, 1.807) is 0 Å². The standard InChI is InChI=1S/C40H74N8O8S4/c1-39(57(49,50)45-35-27-19-11-3-7-15-23-31-41,58(51,52)46-36-28-20-12-4-8-16-24-32-42)40(2,59(53,54)47-37-29-21-13-5-9-17-25-33-43)60(55,56)48-38-30-22-14-6-10-18-26-34-44/h45-48H,3-30,35-38H2,1-2H3. The van der Waals surface area contributed by atoms with Crippen molar-refractivity contribution in [3.8, 4) is 24.3 Å². The zero-order valence-corrected chi connectivity index (χ0v) is 39.6. The molecule has 0 amide bonds. The summed E-state index contributed by atoms with van der Waals surface area (Å²) in [6, 6.07) is 8.35. The quantitative estimate of drug-likeness (QED) is 0.0446. The van der Waals surface area contributed by atoms with Gasteiger partial charge in [-0.15, -0.1) is 0 Å². The third-order valence-electron chi connectivity index (χ3n) is 10.9. The van der Waals surface area contributed by atoms with Gasteiger partial charge in [0, 0.05) is 51.9 Å². The summed E-state index contributed by atoms with van der Waals surface area (Å²) in [5.74, 6) is 0. The van der Waals surface area contributed by atoms with Gasteiger partial charge in [-0.25, -0.2) is 52.6 Å². The van der Waals surface area contributed by atoms with Gasteiger partial charge in [-0.05, 0) is 65.2 Å². The Morgan fingerprint density at radius 2 is 0.450 bits per heavy atom. The first kappa shape index (κ1) is 57.6. The van der Waals surface area contributed by atoms with Crippen LogP contribution >= 0.6 is 0 Å². The number of hydrogen-bond acceptors (Lipinski definition) is 12. The van der Waals surface area contributed by atoms with Gasteiger partial charge < -0.3 is 0 Å². The molecular weight excluding hydrogens is 849 g/mol. The van der Waals surface area contributed by atoms with Crippen LogP contribution in [0.1, 0.15) is 194 Å². The zero-order valence-electron chi connectivity index (χ0n) is 36.3. The van der Waals surface area contributed by atoms with Crippen molar-refractivity contribution in [2.45, 2.75) is 202 Å². The third-order valence-corrected chi connectivity index (χ3v) is 22.1. The van der Waals surface area contributed by atoms with E-state index in [1.165, 1.54) is 0 Å². The average molecular weight is 923 g/mol. The Kier molecular flexibility index (Phi) is 31.0. The molecule has 0 aromatic heterocycles. The summed E-state index contributed by atoms with van der Waals surface area (Å²) in [5, 5.41) is 35.0. The molecule has 0 aromatic rings. The van der Waals surface area contributed by atoms with Crippen LogP contribution < -0.4 is 18.9 Å². The largest absolute Gasteiger partial charge is 0.235 e. The number of hydrogen-bond donors (Lipinski definition) is 4. The van der Waals surface area contributed by atoms with Crippen molar-refractivity contribution in [3.05, 3.63) is 0 Å². The molecule has 0 saturated heterocycles. The number of nitrogens with one attached hydrogen (secondary N) is 4. The van der Waals surface area contributed by atoms with E-state index < -0.39 is 48.3 Å². The molecule has 4 N–H and O–H groups in total. The summed E-state index contributed by atoms with van der Waals surface area (Å²) in [5.41, 5.74) is 0. The molecule has 0 spiro atoms. The first-order valence-electron chi connectivity index (χ1n) is 21.9. The maximum atomic E-state index is 14.5. The van der Waals surface area contributed by atoms with E-state index in [0.717, 1.165) is 103 Å². The SMILES string of the molecule is CC(C(C)(S(=O)(=O)NCCCCCCCCC#N)S(=O)(=O)NCCCCCCCCC#N)(S(=O)(=O)NCCCCCCCCC#N)S(=O)(=O)NCCCCCCCCC#N. The molecule has 0 fully saturated rings. The van der Waals surface area contributed by atoms with E-state index in [-0.39, 0.29) is 51.9 Å². The van der Waals surface area contributed by atoms with Gasteiger partial charge in [0.25, 0.3) is 0 Å². The van der Waals surface area contributed by atoms with Crippen LogP contribution in [0.15, 0.2) is 0 Å². The van der Waals surface area contributed by atoms with Crippen LogP contribution in [0, 0.1) is 45.3 Å². The molecule has 20 heteroatoms. The number of nitrogens with zero attached hydrogens (tertiary/aromatic N) is 4. The topological polar surface area (TPSA) is 280 Å². The van der Waals surface area contributed by atoms with Gasteiger partial charge in [-0.1, -0.05) is 103 Å². The molecule has 0 aliphatic rings. The Morgan fingerprint density at radius 3 is 0.617 bits per heavy atom. The number of sulfonamides is 4. The van der Waals surface area contributed by atoms with Gasteiger partial charge in [0.05, 0.1) is 24.3 Å². The van der Waals surface area contributed by atoms with E-state index in [9.17, 15) is 33.7 Å². The summed E-state index contributed by atoms with van der Waals surface area (Å²) in [4.78, 5) is 0. The lowest BCUT2D eigenvalue weighted by Crippen LogP contribution is -2.74. The normalized spacial score (nSPS) is 12.7.